The SMILES string of the molecule is NC(=O)Cc1c(C(=O)N2CCC(c3ccc(F)c(C4CC4)c3)C2)nc2c(C(F)(F)F)cc(-c3ccoc3)cn12. The van der Waals surface area contributed by atoms with Gasteiger partial charge in [0, 0.05) is 36.3 Å². The van der Waals surface area contributed by atoms with Crippen molar-refractivity contribution in [2.45, 2.75) is 43.7 Å². The van der Waals surface area contributed by atoms with Gasteiger partial charge in [-0.05, 0) is 54.5 Å². The highest BCUT2D eigenvalue weighted by molar-refractivity contribution is 5.96. The molecule has 0 bridgehead atoms. The largest absolute Gasteiger partial charge is 0.472 e. The molecular weight excluding hydrogens is 516 g/mol. The first kappa shape index (κ1) is 25.1. The molecule has 3 aromatic heterocycles. The average molecular weight is 541 g/mol. The lowest BCUT2D eigenvalue weighted by Crippen LogP contribution is -2.30. The van der Waals surface area contributed by atoms with Gasteiger partial charge < -0.3 is 19.5 Å². The highest BCUT2D eigenvalue weighted by Gasteiger charge is 2.38. The van der Waals surface area contributed by atoms with Gasteiger partial charge in [0.2, 0.25) is 5.91 Å². The molecule has 4 heterocycles. The van der Waals surface area contributed by atoms with Crippen LogP contribution >= 0.6 is 0 Å². The van der Waals surface area contributed by atoms with Crippen LogP contribution in [-0.2, 0) is 17.4 Å². The van der Waals surface area contributed by atoms with Crippen LogP contribution in [0.2, 0.25) is 0 Å². The van der Waals surface area contributed by atoms with E-state index in [-0.39, 0.29) is 34.6 Å². The van der Waals surface area contributed by atoms with Crippen molar-refractivity contribution in [3.05, 3.63) is 83.0 Å². The van der Waals surface area contributed by atoms with Gasteiger partial charge >= 0.3 is 6.18 Å². The fourth-order valence-corrected chi connectivity index (χ4v) is 5.38. The molecule has 4 aromatic rings. The molecule has 2 N–H and O–H groups in total. The van der Waals surface area contributed by atoms with Crippen LogP contribution in [0.15, 0.2) is 53.5 Å². The molecule has 202 valence electrons. The molecule has 2 fully saturated rings. The van der Waals surface area contributed by atoms with Crippen molar-refractivity contribution in [1.29, 1.82) is 0 Å². The number of hydrogen-bond acceptors (Lipinski definition) is 4. The molecule has 1 saturated heterocycles. The Morgan fingerprint density at radius 1 is 1.08 bits per heavy atom. The Labute approximate surface area is 220 Å². The predicted octanol–water partition coefficient (Wildman–Crippen LogP) is 5.29. The van der Waals surface area contributed by atoms with Crippen LogP contribution < -0.4 is 5.73 Å². The third kappa shape index (κ3) is 4.66. The van der Waals surface area contributed by atoms with Gasteiger partial charge in [0.1, 0.15) is 11.5 Å². The maximum absolute atomic E-state index is 14.3. The number of alkyl halides is 3. The number of fused-ring (bicyclic) bond motifs is 1. The first-order valence-electron chi connectivity index (χ1n) is 12.6. The number of imidazole rings is 1. The minimum Gasteiger partial charge on any atom is -0.472 e. The summed E-state index contributed by atoms with van der Waals surface area (Å²) < 4.78 is 62.8. The standard InChI is InChI=1S/C28H24F4N4O3/c29-22-4-3-16(9-20(22)15-1-2-15)17-5-7-35(12-17)27(38)25-23(11-24(33)37)36-13-19(18-6-8-39-14-18)10-21(26(36)34-25)28(30,31)32/h3-4,6,8-10,13-15,17H,1-2,5,7,11-12H2,(H2,33,37). The molecule has 1 aliphatic carbocycles. The number of primary amides is 1. The van der Waals surface area contributed by atoms with Gasteiger partial charge in [-0.3, -0.25) is 9.59 Å². The number of carbonyl (C=O) groups excluding carboxylic acids is 2. The Morgan fingerprint density at radius 3 is 2.54 bits per heavy atom. The van der Waals surface area contributed by atoms with E-state index >= 15 is 0 Å². The summed E-state index contributed by atoms with van der Waals surface area (Å²) in [5.41, 5.74) is 5.81. The van der Waals surface area contributed by atoms with E-state index in [1.807, 2.05) is 6.07 Å². The molecule has 39 heavy (non-hydrogen) atoms. The number of carbonyl (C=O) groups is 2. The highest BCUT2D eigenvalue weighted by atomic mass is 19.4. The van der Waals surface area contributed by atoms with Crippen molar-refractivity contribution in [1.82, 2.24) is 14.3 Å². The molecule has 1 unspecified atom stereocenters. The van der Waals surface area contributed by atoms with E-state index in [0.29, 0.717) is 30.6 Å². The van der Waals surface area contributed by atoms with Gasteiger partial charge in [0.05, 0.1) is 30.2 Å². The predicted molar refractivity (Wildman–Crippen MR) is 132 cm³/mol. The van der Waals surface area contributed by atoms with Crippen LogP contribution in [0.4, 0.5) is 17.6 Å². The van der Waals surface area contributed by atoms with Gasteiger partial charge in [-0.1, -0.05) is 12.1 Å². The summed E-state index contributed by atoms with van der Waals surface area (Å²) in [5, 5.41) is 0. The highest BCUT2D eigenvalue weighted by Crippen LogP contribution is 2.43. The molecule has 1 atom stereocenters. The summed E-state index contributed by atoms with van der Waals surface area (Å²) in [7, 11) is 0. The molecule has 0 radical (unpaired) electrons. The fourth-order valence-electron chi connectivity index (χ4n) is 5.38. The number of nitrogens with zero attached hydrogens (tertiary/aromatic N) is 3. The molecule has 2 amide bonds. The van der Waals surface area contributed by atoms with Crippen LogP contribution in [-0.4, -0.2) is 39.2 Å². The van der Waals surface area contributed by atoms with Crippen LogP contribution in [0.3, 0.4) is 0 Å². The smallest absolute Gasteiger partial charge is 0.420 e. The molecule has 0 spiro atoms. The third-order valence-corrected chi connectivity index (χ3v) is 7.51. The maximum atomic E-state index is 14.3. The molecule has 1 aliphatic heterocycles. The van der Waals surface area contributed by atoms with Crippen molar-refractivity contribution < 1.29 is 31.6 Å². The van der Waals surface area contributed by atoms with Gasteiger partial charge in [-0.15, -0.1) is 0 Å². The second-order valence-electron chi connectivity index (χ2n) is 10.2. The van der Waals surface area contributed by atoms with E-state index in [4.69, 9.17) is 10.2 Å². The zero-order valence-corrected chi connectivity index (χ0v) is 20.7. The second kappa shape index (κ2) is 9.25. The van der Waals surface area contributed by atoms with Crippen molar-refractivity contribution in [2.75, 3.05) is 13.1 Å². The zero-order valence-electron chi connectivity index (χ0n) is 20.7. The quantitative estimate of drug-likeness (QED) is 0.337. The summed E-state index contributed by atoms with van der Waals surface area (Å²) in [6.45, 7) is 0.640. The number of halogens is 4. The Hall–Kier alpha value is -4.15. The average Bonchev–Trinajstić information content (AvgIpc) is 3.27. The number of pyridine rings is 1. The van der Waals surface area contributed by atoms with E-state index in [1.165, 1.54) is 35.8 Å². The number of benzene rings is 1. The van der Waals surface area contributed by atoms with Crippen molar-refractivity contribution in [3.8, 4) is 11.1 Å². The monoisotopic (exact) mass is 540 g/mol. The Morgan fingerprint density at radius 2 is 1.87 bits per heavy atom. The number of likely N-dealkylation sites (tertiary alicyclic amines) is 1. The minimum atomic E-state index is -4.78. The van der Waals surface area contributed by atoms with Crippen LogP contribution in [0, 0.1) is 5.82 Å². The Kier molecular flexibility index (Phi) is 5.96. The molecule has 6 rings (SSSR count). The van der Waals surface area contributed by atoms with Crippen LogP contribution in [0.1, 0.15) is 64.0 Å². The summed E-state index contributed by atoms with van der Waals surface area (Å²) >= 11 is 0. The third-order valence-electron chi connectivity index (χ3n) is 7.51. The molecular formula is C28H24F4N4O3. The van der Waals surface area contributed by atoms with Gasteiger partial charge in [-0.2, -0.15) is 13.2 Å². The lowest BCUT2D eigenvalue weighted by Gasteiger charge is -2.17. The summed E-state index contributed by atoms with van der Waals surface area (Å²) in [4.78, 5) is 31.2. The Balaban J connectivity index is 1.38. The van der Waals surface area contributed by atoms with Crippen molar-refractivity contribution in [3.63, 3.8) is 0 Å². The van der Waals surface area contributed by atoms with Gasteiger partial charge in [-0.25, -0.2) is 9.37 Å². The number of furan rings is 1. The number of nitrogens with two attached hydrogens (primary N) is 1. The summed E-state index contributed by atoms with van der Waals surface area (Å²) in [6.07, 6.45) is 1.28. The molecule has 1 aromatic carbocycles. The van der Waals surface area contributed by atoms with Crippen LogP contribution in [0.5, 0.6) is 0 Å². The molecule has 2 aliphatic rings. The number of rotatable bonds is 6. The molecule has 1 saturated carbocycles. The van der Waals surface area contributed by atoms with E-state index in [2.05, 4.69) is 4.98 Å². The molecule has 7 nitrogen and oxygen atoms in total. The molecule has 11 heteroatoms. The Bertz CT molecular complexity index is 1590. The van der Waals surface area contributed by atoms with E-state index in [9.17, 15) is 27.2 Å². The normalized spacial score (nSPS) is 17.7. The first-order chi connectivity index (χ1) is 18.6. The van der Waals surface area contributed by atoms with Crippen molar-refractivity contribution in [2.24, 2.45) is 5.73 Å². The van der Waals surface area contributed by atoms with Crippen molar-refractivity contribution >= 4 is 17.5 Å². The van der Waals surface area contributed by atoms with Gasteiger partial charge in [0.25, 0.3) is 5.91 Å². The second-order valence-corrected chi connectivity index (χ2v) is 10.2. The first-order valence-corrected chi connectivity index (χ1v) is 12.6. The minimum absolute atomic E-state index is 0.0143. The van der Waals surface area contributed by atoms with Gasteiger partial charge in [0.15, 0.2) is 5.69 Å². The fraction of sp³-hybridized carbons (Fsp3) is 0.321. The summed E-state index contributed by atoms with van der Waals surface area (Å²) in [5.74, 6) is -1.45. The van der Waals surface area contributed by atoms with E-state index in [0.717, 1.165) is 28.9 Å². The summed E-state index contributed by atoms with van der Waals surface area (Å²) in [6, 6.07) is 7.48. The van der Waals surface area contributed by atoms with E-state index < -0.39 is 35.6 Å². The van der Waals surface area contributed by atoms with Crippen LogP contribution in [0.25, 0.3) is 16.8 Å². The number of aromatic nitrogens is 2. The lowest BCUT2D eigenvalue weighted by atomic mass is 9.95. The van der Waals surface area contributed by atoms with E-state index in [1.54, 1.807) is 6.07 Å². The topological polar surface area (TPSA) is 93.8 Å². The lowest BCUT2D eigenvalue weighted by molar-refractivity contribution is -0.136. The maximum Gasteiger partial charge on any atom is 0.420 e. The number of amides is 2. The number of hydrogen-bond donors (Lipinski definition) is 1. The zero-order chi connectivity index (χ0) is 27.5.